The van der Waals surface area contributed by atoms with Gasteiger partial charge in [0.2, 0.25) is 0 Å². The second-order valence-electron chi connectivity index (χ2n) is 5.69. The number of rotatable bonds is 3. The van der Waals surface area contributed by atoms with E-state index in [2.05, 4.69) is 15.3 Å². The first-order valence-corrected chi connectivity index (χ1v) is 7.53. The van der Waals surface area contributed by atoms with Crippen molar-refractivity contribution in [3.63, 3.8) is 0 Å². The van der Waals surface area contributed by atoms with E-state index in [-0.39, 0.29) is 5.91 Å². The lowest BCUT2D eigenvalue weighted by Crippen LogP contribution is -2.42. The Labute approximate surface area is 128 Å². The Hall–Kier alpha value is -2.08. The molecule has 0 spiro atoms. The molecule has 1 aliphatic rings. The van der Waals surface area contributed by atoms with Crippen molar-refractivity contribution in [3.8, 4) is 0 Å². The van der Waals surface area contributed by atoms with Gasteiger partial charge in [-0.05, 0) is 38.4 Å². The molecule has 0 aliphatic carbocycles. The van der Waals surface area contributed by atoms with Crippen LogP contribution in [0.2, 0.25) is 0 Å². The summed E-state index contributed by atoms with van der Waals surface area (Å²) in [4.78, 5) is 22.9. The molecular weight excluding hydrogens is 283 g/mol. The van der Waals surface area contributed by atoms with Gasteiger partial charge in [-0.2, -0.15) is 0 Å². The molecule has 1 aromatic heterocycles. The topological polar surface area (TPSA) is 58.1 Å². The van der Waals surface area contributed by atoms with Gasteiger partial charge in [0, 0.05) is 31.5 Å². The quantitative estimate of drug-likeness (QED) is 0.940. The number of benzene rings is 1. The van der Waals surface area contributed by atoms with E-state index in [9.17, 15) is 9.18 Å². The van der Waals surface area contributed by atoms with Crippen LogP contribution in [0.5, 0.6) is 0 Å². The molecule has 1 N–H and O–H groups in total. The molecule has 0 bridgehead atoms. The fourth-order valence-corrected chi connectivity index (χ4v) is 3.08. The number of nitrogens with zero attached hydrogens (tertiary/aromatic N) is 3. The molecule has 0 radical (unpaired) electrons. The van der Waals surface area contributed by atoms with Crippen molar-refractivity contribution in [1.29, 1.82) is 0 Å². The van der Waals surface area contributed by atoms with E-state index >= 15 is 0 Å². The van der Waals surface area contributed by atoms with Crippen molar-refractivity contribution < 1.29 is 9.18 Å². The third-order valence-corrected chi connectivity index (χ3v) is 4.07. The van der Waals surface area contributed by atoms with Gasteiger partial charge in [-0.15, -0.1) is 0 Å². The number of carbonyl (C=O) groups excluding carboxylic acids is 1. The largest absolute Gasteiger partial charge is 0.338 e. The lowest BCUT2D eigenvalue weighted by molar-refractivity contribution is 0.0675. The van der Waals surface area contributed by atoms with Crippen LogP contribution in [0.15, 0.2) is 24.5 Å². The van der Waals surface area contributed by atoms with Crippen molar-refractivity contribution in [1.82, 2.24) is 20.2 Å². The Morgan fingerprint density at radius 3 is 3.05 bits per heavy atom. The molecule has 1 saturated heterocycles. The molecule has 0 unspecified atom stereocenters. The van der Waals surface area contributed by atoms with Crippen LogP contribution < -0.4 is 5.32 Å². The summed E-state index contributed by atoms with van der Waals surface area (Å²) in [5.74, 6) is -0.181. The van der Waals surface area contributed by atoms with Crippen LogP contribution in [0.1, 0.15) is 23.2 Å². The molecule has 22 heavy (non-hydrogen) atoms. The predicted octanol–water partition coefficient (Wildman–Crippen LogP) is 1.84. The van der Waals surface area contributed by atoms with Crippen molar-refractivity contribution in [2.24, 2.45) is 5.92 Å². The van der Waals surface area contributed by atoms with Crippen LogP contribution in [0.25, 0.3) is 11.0 Å². The Bertz CT molecular complexity index is 689. The number of fused-ring (bicyclic) bond motifs is 1. The number of carbonyl (C=O) groups is 1. The van der Waals surface area contributed by atoms with Gasteiger partial charge in [-0.25, -0.2) is 4.39 Å². The molecule has 1 aromatic carbocycles. The highest BCUT2D eigenvalue weighted by Gasteiger charge is 2.26. The normalized spacial score (nSPS) is 18.6. The van der Waals surface area contributed by atoms with E-state index in [1.165, 1.54) is 24.5 Å². The number of aromatic nitrogens is 2. The zero-order valence-corrected chi connectivity index (χ0v) is 12.6. The Morgan fingerprint density at radius 1 is 1.41 bits per heavy atom. The van der Waals surface area contributed by atoms with Crippen molar-refractivity contribution >= 4 is 16.9 Å². The highest BCUT2D eigenvalue weighted by molar-refractivity contribution is 6.04. The van der Waals surface area contributed by atoms with Gasteiger partial charge in [-0.3, -0.25) is 14.8 Å². The molecule has 3 rings (SSSR count). The van der Waals surface area contributed by atoms with Crippen LogP contribution in [0.4, 0.5) is 4.39 Å². The maximum Gasteiger partial charge on any atom is 0.256 e. The molecular formula is C16H19FN4O. The number of hydrogen-bond acceptors (Lipinski definition) is 4. The lowest BCUT2D eigenvalue weighted by Gasteiger charge is -2.32. The second-order valence-corrected chi connectivity index (χ2v) is 5.69. The number of piperidine rings is 1. The Kier molecular flexibility index (Phi) is 4.29. The fraction of sp³-hybridized carbons (Fsp3) is 0.438. The first kappa shape index (κ1) is 14.8. The molecule has 2 heterocycles. The molecule has 116 valence electrons. The summed E-state index contributed by atoms with van der Waals surface area (Å²) in [7, 11) is 1.91. The van der Waals surface area contributed by atoms with Crippen LogP contribution in [0.3, 0.4) is 0 Å². The van der Waals surface area contributed by atoms with Crippen molar-refractivity contribution in [2.75, 3.05) is 26.7 Å². The van der Waals surface area contributed by atoms with Crippen molar-refractivity contribution in [2.45, 2.75) is 12.8 Å². The monoisotopic (exact) mass is 302 g/mol. The predicted molar refractivity (Wildman–Crippen MR) is 82.1 cm³/mol. The van der Waals surface area contributed by atoms with Gasteiger partial charge in [0.15, 0.2) is 0 Å². The van der Waals surface area contributed by atoms with Gasteiger partial charge in [-0.1, -0.05) is 0 Å². The first-order valence-electron chi connectivity index (χ1n) is 7.53. The second kappa shape index (κ2) is 6.36. The summed E-state index contributed by atoms with van der Waals surface area (Å²) in [6.07, 6.45) is 5.10. The van der Waals surface area contributed by atoms with Gasteiger partial charge in [0.05, 0.1) is 11.1 Å². The van der Waals surface area contributed by atoms with Gasteiger partial charge in [0.25, 0.3) is 5.91 Å². The summed E-state index contributed by atoms with van der Waals surface area (Å²) >= 11 is 0. The molecule has 1 fully saturated rings. The summed E-state index contributed by atoms with van der Waals surface area (Å²) < 4.78 is 13.8. The van der Waals surface area contributed by atoms with Crippen LogP contribution in [-0.2, 0) is 0 Å². The minimum atomic E-state index is -0.458. The smallest absolute Gasteiger partial charge is 0.256 e. The van der Waals surface area contributed by atoms with E-state index in [0.717, 1.165) is 19.4 Å². The van der Waals surface area contributed by atoms with E-state index in [1.54, 1.807) is 4.90 Å². The number of amides is 1. The molecule has 1 atom stereocenters. The van der Waals surface area contributed by atoms with E-state index in [4.69, 9.17) is 0 Å². The third-order valence-electron chi connectivity index (χ3n) is 4.07. The Morgan fingerprint density at radius 2 is 2.23 bits per heavy atom. The lowest BCUT2D eigenvalue weighted by atomic mass is 9.97. The van der Waals surface area contributed by atoms with Crippen LogP contribution in [0, 0.1) is 11.7 Å². The van der Waals surface area contributed by atoms with E-state index < -0.39 is 5.82 Å². The molecule has 2 aromatic rings. The summed E-state index contributed by atoms with van der Waals surface area (Å²) in [6.45, 7) is 2.28. The number of halogens is 1. The first-order chi connectivity index (χ1) is 10.7. The SMILES string of the molecule is CNC[C@@H]1CCCN(C(=O)c2cc(F)cc3nccnc23)C1. The fourth-order valence-electron chi connectivity index (χ4n) is 3.08. The number of hydrogen-bond donors (Lipinski definition) is 1. The average molecular weight is 302 g/mol. The molecule has 1 amide bonds. The standard InChI is InChI=1S/C16H19FN4O/c1-18-9-11-3-2-6-21(10-11)16(22)13-7-12(17)8-14-15(13)20-5-4-19-14/h4-5,7-8,11,18H,2-3,6,9-10H2,1H3/t11-/m0/s1. The highest BCUT2D eigenvalue weighted by Crippen LogP contribution is 2.22. The van der Waals surface area contributed by atoms with E-state index in [1.807, 2.05) is 7.05 Å². The number of likely N-dealkylation sites (tertiary alicyclic amines) is 1. The molecule has 1 aliphatic heterocycles. The Balaban J connectivity index is 1.91. The van der Waals surface area contributed by atoms with Crippen LogP contribution in [-0.4, -0.2) is 47.5 Å². The van der Waals surface area contributed by atoms with Crippen molar-refractivity contribution in [3.05, 3.63) is 35.9 Å². The zero-order valence-electron chi connectivity index (χ0n) is 12.6. The van der Waals surface area contributed by atoms with Gasteiger partial charge < -0.3 is 10.2 Å². The minimum Gasteiger partial charge on any atom is -0.338 e. The van der Waals surface area contributed by atoms with Gasteiger partial charge in [0.1, 0.15) is 11.3 Å². The minimum absolute atomic E-state index is 0.161. The third kappa shape index (κ3) is 2.92. The molecule has 0 saturated carbocycles. The highest BCUT2D eigenvalue weighted by atomic mass is 19.1. The molecule has 6 heteroatoms. The summed E-state index contributed by atoms with van der Waals surface area (Å²) in [6, 6.07) is 2.57. The maximum absolute atomic E-state index is 13.8. The van der Waals surface area contributed by atoms with Gasteiger partial charge >= 0.3 is 0 Å². The maximum atomic E-state index is 13.8. The number of nitrogens with one attached hydrogen (secondary N) is 1. The average Bonchev–Trinajstić information content (AvgIpc) is 2.54. The van der Waals surface area contributed by atoms with E-state index in [0.29, 0.717) is 35.6 Å². The summed E-state index contributed by atoms with van der Waals surface area (Å²) in [5.41, 5.74) is 1.17. The summed E-state index contributed by atoms with van der Waals surface area (Å²) in [5, 5.41) is 3.16. The zero-order chi connectivity index (χ0) is 15.5. The molecule has 5 nitrogen and oxygen atoms in total. The van der Waals surface area contributed by atoms with Crippen LogP contribution >= 0.6 is 0 Å².